The largest absolute Gasteiger partial charge is 0.456 e. The molecule has 0 unspecified atom stereocenters. The molecule has 0 fully saturated rings. The number of anilines is 6. The van der Waals surface area contributed by atoms with Crippen LogP contribution in [0.25, 0.3) is 77.3 Å². The summed E-state index contributed by atoms with van der Waals surface area (Å²) in [4.78, 5) is 4.72. The van der Waals surface area contributed by atoms with Gasteiger partial charge >= 0.3 is 0 Å². The van der Waals surface area contributed by atoms with Gasteiger partial charge in [0.2, 0.25) is 0 Å². The Morgan fingerprint density at radius 3 is 1.22 bits per heavy atom. The van der Waals surface area contributed by atoms with E-state index >= 15 is 0 Å². The number of para-hydroxylation sites is 3. The van der Waals surface area contributed by atoms with Crippen LogP contribution >= 0.6 is 0 Å². The second kappa shape index (κ2) is 15.7. The summed E-state index contributed by atoms with van der Waals surface area (Å²) in [6.07, 6.45) is 0. The van der Waals surface area contributed by atoms with Crippen LogP contribution in [0.3, 0.4) is 0 Å². The first kappa shape index (κ1) is 37.2. The van der Waals surface area contributed by atoms with Crippen LogP contribution in [0.15, 0.2) is 251 Å². The standard InChI is InChI=1S/C60H40N2O2/c1-4-16-41(17-5-1)42-30-35-47(36-31-42)61(53-24-14-28-57-59(53)49-22-10-12-26-55(49)63-57)48-37-32-43(33-38-48)45-34-39-52(51(40-45)44-18-6-2-7-19-44)62(46-20-8-3-9-21-46)54-25-15-29-58-60(54)50-23-11-13-27-56(50)64-58/h1-40H. The summed E-state index contributed by atoms with van der Waals surface area (Å²) in [7, 11) is 0. The Morgan fingerprint density at radius 1 is 0.250 bits per heavy atom. The van der Waals surface area contributed by atoms with Gasteiger partial charge in [0.25, 0.3) is 0 Å². The lowest BCUT2D eigenvalue weighted by molar-refractivity contribution is 0.668. The first-order chi connectivity index (χ1) is 31.7. The van der Waals surface area contributed by atoms with Gasteiger partial charge in [-0.1, -0.05) is 158 Å². The normalized spacial score (nSPS) is 11.4. The molecule has 10 aromatic carbocycles. The summed E-state index contributed by atoms with van der Waals surface area (Å²) in [5.41, 5.74) is 16.7. The Labute approximate surface area is 371 Å². The second-order valence-electron chi connectivity index (χ2n) is 16.1. The van der Waals surface area contributed by atoms with Crippen molar-refractivity contribution in [2.24, 2.45) is 0 Å². The fraction of sp³-hybridized carbons (Fsp3) is 0. The topological polar surface area (TPSA) is 32.8 Å². The molecule has 4 nitrogen and oxygen atoms in total. The molecule has 0 aliphatic carbocycles. The highest BCUT2D eigenvalue weighted by Gasteiger charge is 2.23. The van der Waals surface area contributed by atoms with E-state index < -0.39 is 0 Å². The van der Waals surface area contributed by atoms with Crippen molar-refractivity contribution < 1.29 is 8.83 Å². The number of nitrogens with zero attached hydrogens (tertiary/aromatic N) is 2. The number of furan rings is 2. The third kappa shape index (κ3) is 6.48. The highest BCUT2D eigenvalue weighted by molar-refractivity contribution is 6.15. The van der Waals surface area contributed by atoms with Gasteiger partial charge in [0.05, 0.1) is 27.8 Å². The van der Waals surface area contributed by atoms with E-state index in [4.69, 9.17) is 8.83 Å². The molecule has 2 aromatic heterocycles. The van der Waals surface area contributed by atoms with Crippen molar-refractivity contribution in [2.45, 2.75) is 0 Å². The molecule has 12 rings (SSSR count). The maximum Gasteiger partial charge on any atom is 0.137 e. The van der Waals surface area contributed by atoms with Crippen LogP contribution in [0.5, 0.6) is 0 Å². The SMILES string of the molecule is c1ccc(-c2ccc(N(c3ccc(-c4ccc(N(c5ccccc5)c5cccc6oc7ccccc7c56)c(-c5ccccc5)c4)cc3)c3cccc4oc5ccccc5c34)cc2)cc1. The van der Waals surface area contributed by atoms with Crippen LogP contribution in [0.4, 0.5) is 34.1 Å². The van der Waals surface area contributed by atoms with Crippen LogP contribution in [-0.2, 0) is 0 Å². The van der Waals surface area contributed by atoms with Crippen LogP contribution in [0, 0.1) is 0 Å². The molecular formula is C60H40N2O2. The zero-order valence-corrected chi connectivity index (χ0v) is 34.8. The van der Waals surface area contributed by atoms with Crippen molar-refractivity contribution in [3.05, 3.63) is 243 Å². The summed E-state index contributed by atoms with van der Waals surface area (Å²) in [6.45, 7) is 0. The minimum absolute atomic E-state index is 0.857. The maximum atomic E-state index is 6.41. The summed E-state index contributed by atoms with van der Waals surface area (Å²) < 4.78 is 12.8. The van der Waals surface area contributed by atoms with E-state index in [1.54, 1.807) is 0 Å². The molecule has 64 heavy (non-hydrogen) atoms. The van der Waals surface area contributed by atoms with Crippen molar-refractivity contribution in [3.8, 4) is 33.4 Å². The Morgan fingerprint density at radius 2 is 0.656 bits per heavy atom. The molecule has 0 aliphatic heterocycles. The highest BCUT2D eigenvalue weighted by Crippen LogP contribution is 2.48. The fourth-order valence-electron chi connectivity index (χ4n) is 9.29. The summed E-state index contributed by atoms with van der Waals surface area (Å²) in [5, 5.41) is 4.34. The van der Waals surface area contributed by atoms with Crippen molar-refractivity contribution in [1.82, 2.24) is 0 Å². The zero-order chi connectivity index (χ0) is 42.4. The predicted molar refractivity (Wildman–Crippen MR) is 267 cm³/mol. The quantitative estimate of drug-likeness (QED) is 0.145. The zero-order valence-electron chi connectivity index (χ0n) is 34.8. The molecule has 0 amide bonds. The van der Waals surface area contributed by atoms with E-state index in [1.807, 2.05) is 24.3 Å². The van der Waals surface area contributed by atoms with E-state index in [0.29, 0.717) is 0 Å². The number of hydrogen-bond acceptors (Lipinski definition) is 4. The van der Waals surface area contributed by atoms with E-state index in [0.717, 1.165) is 100 Å². The van der Waals surface area contributed by atoms with Crippen molar-refractivity contribution in [1.29, 1.82) is 0 Å². The fourth-order valence-corrected chi connectivity index (χ4v) is 9.29. The van der Waals surface area contributed by atoms with Crippen LogP contribution in [0.2, 0.25) is 0 Å². The number of hydrogen-bond donors (Lipinski definition) is 0. The minimum atomic E-state index is 0.857. The monoisotopic (exact) mass is 820 g/mol. The van der Waals surface area contributed by atoms with Gasteiger partial charge < -0.3 is 18.6 Å². The van der Waals surface area contributed by atoms with Crippen molar-refractivity contribution >= 4 is 78.0 Å². The molecule has 0 saturated heterocycles. The molecule has 0 bridgehead atoms. The Balaban J connectivity index is 0.998. The number of fused-ring (bicyclic) bond motifs is 6. The molecule has 0 N–H and O–H groups in total. The average molecular weight is 821 g/mol. The highest BCUT2D eigenvalue weighted by atomic mass is 16.3. The van der Waals surface area contributed by atoms with Gasteiger partial charge in [0, 0.05) is 33.4 Å². The first-order valence-electron chi connectivity index (χ1n) is 21.7. The lowest BCUT2D eigenvalue weighted by Gasteiger charge is -2.29. The molecule has 0 radical (unpaired) electrons. The number of rotatable bonds is 9. The van der Waals surface area contributed by atoms with Gasteiger partial charge in [-0.3, -0.25) is 0 Å². The summed E-state index contributed by atoms with van der Waals surface area (Å²) in [6, 6.07) is 85.8. The first-order valence-corrected chi connectivity index (χ1v) is 21.7. The number of benzene rings is 10. The van der Waals surface area contributed by atoms with Crippen LogP contribution in [-0.4, -0.2) is 0 Å². The second-order valence-corrected chi connectivity index (χ2v) is 16.1. The van der Waals surface area contributed by atoms with Gasteiger partial charge in [-0.2, -0.15) is 0 Å². The molecular weight excluding hydrogens is 781 g/mol. The van der Waals surface area contributed by atoms with E-state index in [2.05, 4.69) is 228 Å². The maximum absolute atomic E-state index is 6.41. The molecule has 2 heterocycles. The molecule has 12 aromatic rings. The molecule has 0 spiro atoms. The molecule has 0 saturated carbocycles. The van der Waals surface area contributed by atoms with E-state index in [1.165, 1.54) is 11.1 Å². The predicted octanol–water partition coefficient (Wildman–Crippen LogP) is 17.4. The van der Waals surface area contributed by atoms with Gasteiger partial charge in [0.15, 0.2) is 0 Å². The molecule has 0 aliphatic rings. The summed E-state index contributed by atoms with van der Waals surface area (Å²) in [5.74, 6) is 0. The van der Waals surface area contributed by atoms with Gasteiger partial charge in [-0.15, -0.1) is 0 Å². The van der Waals surface area contributed by atoms with E-state index in [-0.39, 0.29) is 0 Å². The molecule has 4 heteroatoms. The molecule has 302 valence electrons. The Kier molecular flexibility index (Phi) is 9.12. The lowest BCUT2D eigenvalue weighted by Crippen LogP contribution is -2.11. The van der Waals surface area contributed by atoms with Gasteiger partial charge in [-0.05, 0) is 113 Å². The lowest BCUT2D eigenvalue weighted by atomic mass is 9.95. The van der Waals surface area contributed by atoms with Crippen LogP contribution in [0.1, 0.15) is 0 Å². The minimum Gasteiger partial charge on any atom is -0.456 e. The van der Waals surface area contributed by atoms with Crippen molar-refractivity contribution in [2.75, 3.05) is 9.80 Å². The van der Waals surface area contributed by atoms with Crippen LogP contribution < -0.4 is 9.80 Å². The third-order valence-corrected chi connectivity index (χ3v) is 12.3. The average Bonchev–Trinajstić information content (AvgIpc) is 3.95. The van der Waals surface area contributed by atoms with E-state index in [9.17, 15) is 0 Å². The smallest absolute Gasteiger partial charge is 0.137 e. The molecule has 0 atom stereocenters. The van der Waals surface area contributed by atoms with Gasteiger partial charge in [-0.25, -0.2) is 0 Å². The Hall–Kier alpha value is -8.60. The summed E-state index contributed by atoms with van der Waals surface area (Å²) >= 11 is 0. The van der Waals surface area contributed by atoms with Gasteiger partial charge in [0.1, 0.15) is 22.3 Å². The third-order valence-electron chi connectivity index (χ3n) is 12.3. The Bertz CT molecular complexity index is 3590. The van der Waals surface area contributed by atoms with Crippen molar-refractivity contribution in [3.63, 3.8) is 0 Å².